The van der Waals surface area contributed by atoms with Gasteiger partial charge in [-0.2, -0.15) is 4.31 Å². The van der Waals surface area contributed by atoms with Crippen molar-refractivity contribution in [1.82, 2.24) is 4.31 Å². The number of hydrogen-bond acceptors (Lipinski definition) is 7. The summed E-state index contributed by atoms with van der Waals surface area (Å²) >= 11 is 0. The normalized spacial score (nSPS) is 21.6. The third kappa shape index (κ3) is 5.73. The Labute approximate surface area is 119 Å². The van der Waals surface area contributed by atoms with Gasteiger partial charge in [-0.05, 0) is 0 Å². The second-order valence-electron chi connectivity index (χ2n) is 4.58. The Morgan fingerprint density at radius 2 is 1.95 bits per heavy atom. The van der Waals surface area contributed by atoms with Crippen molar-refractivity contribution in [2.45, 2.75) is 12.5 Å². The Hall–Kier alpha value is -0.710. The van der Waals surface area contributed by atoms with Crippen molar-refractivity contribution >= 4 is 25.8 Å². The number of morpholine rings is 1. The van der Waals surface area contributed by atoms with Gasteiger partial charge in [0.05, 0.1) is 37.7 Å². The number of carbonyl (C=O) groups excluding carboxylic acids is 1. The molecule has 0 spiro atoms. The first-order valence-corrected chi connectivity index (χ1v) is 9.65. The molecule has 10 heteroatoms. The van der Waals surface area contributed by atoms with E-state index in [1.165, 1.54) is 7.11 Å². The van der Waals surface area contributed by atoms with E-state index in [1.54, 1.807) is 0 Å². The van der Waals surface area contributed by atoms with Crippen molar-refractivity contribution in [3.8, 4) is 0 Å². The van der Waals surface area contributed by atoms with E-state index < -0.39 is 43.4 Å². The molecule has 1 aliphatic heterocycles. The SMILES string of the molecule is COC(=O)CC1CN(S(=O)(=O)CCS(C)(=O)=O)CCO1. The molecule has 1 fully saturated rings. The van der Waals surface area contributed by atoms with Crippen molar-refractivity contribution in [1.29, 1.82) is 0 Å². The van der Waals surface area contributed by atoms with Crippen LogP contribution in [0.3, 0.4) is 0 Å². The molecule has 1 unspecified atom stereocenters. The van der Waals surface area contributed by atoms with Gasteiger partial charge in [0.1, 0.15) is 9.84 Å². The molecule has 20 heavy (non-hydrogen) atoms. The van der Waals surface area contributed by atoms with Crippen LogP contribution in [-0.4, -0.2) is 77.8 Å². The predicted molar refractivity (Wildman–Crippen MR) is 71.4 cm³/mol. The van der Waals surface area contributed by atoms with E-state index in [-0.39, 0.29) is 26.1 Å². The molecule has 0 bridgehead atoms. The van der Waals surface area contributed by atoms with Gasteiger partial charge in [-0.3, -0.25) is 4.79 Å². The van der Waals surface area contributed by atoms with Gasteiger partial charge in [0.25, 0.3) is 0 Å². The van der Waals surface area contributed by atoms with Gasteiger partial charge >= 0.3 is 5.97 Å². The first-order chi connectivity index (χ1) is 9.14. The largest absolute Gasteiger partial charge is 0.469 e. The highest BCUT2D eigenvalue weighted by atomic mass is 32.2. The van der Waals surface area contributed by atoms with Crippen molar-refractivity contribution in [3.63, 3.8) is 0 Å². The lowest BCUT2D eigenvalue weighted by molar-refractivity contribution is -0.145. The maximum atomic E-state index is 12.0. The van der Waals surface area contributed by atoms with Crippen LogP contribution in [-0.2, 0) is 34.1 Å². The average molecular weight is 329 g/mol. The van der Waals surface area contributed by atoms with E-state index in [4.69, 9.17) is 4.74 Å². The quantitative estimate of drug-likeness (QED) is 0.553. The number of carbonyl (C=O) groups is 1. The smallest absolute Gasteiger partial charge is 0.308 e. The van der Waals surface area contributed by atoms with E-state index >= 15 is 0 Å². The lowest BCUT2D eigenvalue weighted by Gasteiger charge is -2.31. The highest BCUT2D eigenvalue weighted by Gasteiger charge is 2.31. The molecule has 1 rings (SSSR count). The lowest BCUT2D eigenvalue weighted by atomic mass is 10.2. The Kier molecular flexibility index (Phi) is 5.92. The second kappa shape index (κ2) is 6.83. The molecule has 1 aliphatic rings. The van der Waals surface area contributed by atoms with Gasteiger partial charge in [-0.1, -0.05) is 0 Å². The summed E-state index contributed by atoms with van der Waals surface area (Å²) in [4.78, 5) is 11.1. The van der Waals surface area contributed by atoms with Crippen LogP contribution < -0.4 is 0 Å². The number of nitrogens with zero attached hydrogens (tertiary/aromatic N) is 1. The van der Waals surface area contributed by atoms with E-state index in [0.717, 1.165) is 10.6 Å². The Balaban J connectivity index is 2.63. The number of rotatable bonds is 6. The number of sulfonamides is 1. The number of ether oxygens (including phenoxy) is 2. The summed E-state index contributed by atoms with van der Waals surface area (Å²) in [5.74, 6) is -1.36. The summed E-state index contributed by atoms with van der Waals surface area (Å²) in [6, 6.07) is 0. The van der Waals surface area contributed by atoms with Crippen LogP contribution in [0.5, 0.6) is 0 Å². The summed E-state index contributed by atoms with van der Waals surface area (Å²) in [6.07, 6.45) is 0.389. The third-order valence-electron chi connectivity index (χ3n) is 2.83. The minimum atomic E-state index is -3.67. The summed E-state index contributed by atoms with van der Waals surface area (Å²) < 4.78 is 57.1. The molecule has 1 atom stereocenters. The maximum Gasteiger partial charge on any atom is 0.308 e. The van der Waals surface area contributed by atoms with E-state index in [1.807, 2.05) is 0 Å². The van der Waals surface area contributed by atoms with E-state index in [2.05, 4.69) is 4.74 Å². The molecular formula is C10H19NO7S2. The average Bonchev–Trinajstić information content (AvgIpc) is 2.36. The molecule has 0 aromatic heterocycles. The summed E-state index contributed by atoms with van der Waals surface area (Å²) in [6.45, 7) is 0.352. The molecule has 8 nitrogen and oxygen atoms in total. The molecule has 0 N–H and O–H groups in total. The topological polar surface area (TPSA) is 107 Å². The predicted octanol–water partition coefficient (Wildman–Crippen LogP) is -1.38. The zero-order chi connectivity index (χ0) is 15.4. The molecule has 1 heterocycles. The van der Waals surface area contributed by atoms with Gasteiger partial charge in [0.2, 0.25) is 10.0 Å². The fraction of sp³-hybridized carbons (Fsp3) is 0.900. The van der Waals surface area contributed by atoms with Gasteiger partial charge in [0, 0.05) is 19.3 Å². The van der Waals surface area contributed by atoms with Crippen LogP contribution in [0.2, 0.25) is 0 Å². The van der Waals surface area contributed by atoms with Crippen molar-refractivity contribution < 1.29 is 31.1 Å². The van der Waals surface area contributed by atoms with Crippen LogP contribution in [0.15, 0.2) is 0 Å². The second-order valence-corrected chi connectivity index (χ2v) is 8.93. The monoisotopic (exact) mass is 329 g/mol. The molecule has 0 radical (unpaired) electrons. The zero-order valence-corrected chi connectivity index (χ0v) is 13.1. The van der Waals surface area contributed by atoms with Crippen LogP contribution in [0.25, 0.3) is 0 Å². The summed E-state index contributed by atoms with van der Waals surface area (Å²) in [5.41, 5.74) is 0. The van der Waals surface area contributed by atoms with E-state index in [0.29, 0.717) is 0 Å². The van der Waals surface area contributed by atoms with Crippen molar-refractivity contribution in [3.05, 3.63) is 0 Å². The molecule has 0 amide bonds. The van der Waals surface area contributed by atoms with Gasteiger partial charge in [-0.15, -0.1) is 0 Å². The van der Waals surface area contributed by atoms with Gasteiger partial charge < -0.3 is 9.47 Å². The lowest BCUT2D eigenvalue weighted by Crippen LogP contribution is -2.47. The maximum absolute atomic E-state index is 12.0. The van der Waals surface area contributed by atoms with E-state index in [9.17, 15) is 21.6 Å². The van der Waals surface area contributed by atoms with Gasteiger partial charge in [0.15, 0.2) is 0 Å². The summed E-state index contributed by atoms with van der Waals surface area (Å²) in [5, 5.41) is 0. The fourth-order valence-corrected chi connectivity index (χ4v) is 4.78. The third-order valence-corrected chi connectivity index (χ3v) is 5.87. The molecule has 0 aliphatic carbocycles. The summed E-state index contributed by atoms with van der Waals surface area (Å²) in [7, 11) is -5.77. The molecule has 1 saturated heterocycles. The standard InChI is InChI=1S/C10H19NO7S2/c1-17-10(12)7-9-8-11(3-4-18-9)20(15,16)6-5-19(2,13)14/h9H,3-8H2,1-2H3. The zero-order valence-electron chi connectivity index (χ0n) is 11.4. The number of methoxy groups -OCH3 is 1. The highest BCUT2D eigenvalue weighted by Crippen LogP contribution is 2.13. The Morgan fingerprint density at radius 3 is 2.50 bits per heavy atom. The Bertz CT molecular complexity index is 540. The number of hydrogen-bond donors (Lipinski definition) is 0. The minimum absolute atomic E-state index is 0.0290. The first-order valence-electron chi connectivity index (χ1n) is 5.98. The van der Waals surface area contributed by atoms with Crippen molar-refractivity contribution in [2.75, 3.05) is 44.6 Å². The highest BCUT2D eigenvalue weighted by molar-refractivity contribution is 7.93. The van der Waals surface area contributed by atoms with Crippen molar-refractivity contribution in [2.24, 2.45) is 0 Å². The molecular weight excluding hydrogens is 310 g/mol. The molecule has 0 aromatic rings. The molecule has 118 valence electrons. The van der Waals surface area contributed by atoms with Crippen LogP contribution >= 0.6 is 0 Å². The van der Waals surface area contributed by atoms with Crippen LogP contribution in [0.1, 0.15) is 6.42 Å². The molecule has 0 aromatic carbocycles. The number of sulfone groups is 1. The first kappa shape index (κ1) is 17.3. The number of esters is 1. The Morgan fingerprint density at radius 1 is 1.30 bits per heavy atom. The van der Waals surface area contributed by atoms with Crippen LogP contribution in [0, 0.1) is 0 Å². The fourth-order valence-electron chi connectivity index (χ4n) is 1.72. The minimum Gasteiger partial charge on any atom is -0.469 e. The van der Waals surface area contributed by atoms with Gasteiger partial charge in [-0.25, -0.2) is 16.8 Å². The molecule has 0 saturated carbocycles. The van der Waals surface area contributed by atoms with Crippen LogP contribution in [0.4, 0.5) is 0 Å².